The molecule has 1 rings (SSSR count). The van der Waals surface area contributed by atoms with Crippen LogP contribution in [0.4, 0.5) is 5.69 Å². The molecule has 4 heteroatoms. The molecular formula is C14H22N2O2. The van der Waals surface area contributed by atoms with Crippen LogP contribution < -0.4 is 10.6 Å². The number of ether oxygens (including phenoxy) is 1. The van der Waals surface area contributed by atoms with Gasteiger partial charge in [0, 0.05) is 32.3 Å². The van der Waals surface area contributed by atoms with Gasteiger partial charge in [-0.25, -0.2) is 0 Å². The van der Waals surface area contributed by atoms with Gasteiger partial charge in [-0.3, -0.25) is 4.79 Å². The number of carbonyl (C=O) groups is 1. The molecular weight excluding hydrogens is 228 g/mol. The monoisotopic (exact) mass is 250 g/mol. The number of hydrogen-bond acceptors (Lipinski definition) is 3. The Balaban J connectivity index is 2.43. The fourth-order valence-electron chi connectivity index (χ4n) is 1.72. The maximum Gasteiger partial charge on any atom is 0.221 e. The first kappa shape index (κ1) is 14.5. The summed E-state index contributed by atoms with van der Waals surface area (Å²) in [5.41, 5.74) is 2.30. The molecule has 0 fully saturated rings. The van der Waals surface area contributed by atoms with Crippen LogP contribution in [0.25, 0.3) is 0 Å². The maximum absolute atomic E-state index is 11.3. The van der Waals surface area contributed by atoms with E-state index in [9.17, 15) is 4.79 Å². The Morgan fingerprint density at radius 2 is 2.11 bits per heavy atom. The molecule has 1 aromatic carbocycles. The van der Waals surface area contributed by atoms with Crippen molar-refractivity contribution in [1.82, 2.24) is 5.32 Å². The van der Waals surface area contributed by atoms with Gasteiger partial charge in [0.2, 0.25) is 5.91 Å². The number of methoxy groups -OCH3 is 1. The minimum atomic E-state index is 0.0828. The normalized spacial score (nSPS) is 10.1. The van der Waals surface area contributed by atoms with E-state index in [1.54, 1.807) is 7.11 Å². The van der Waals surface area contributed by atoms with E-state index in [2.05, 4.69) is 16.7 Å². The smallest absolute Gasteiger partial charge is 0.221 e. The van der Waals surface area contributed by atoms with Crippen molar-refractivity contribution in [3.63, 3.8) is 0 Å². The van der Waals surface area contributed by atoms with Crippen LogP contribution in [-0.2, 0) is 16.0 Å². The highest BCUT2D eigenvalue weighted by Crippen LogP contribution is 2.15. The van der Waals surface area contributed by atoms with Crippen LogP contribution in [0.3, 0.4) is 0 Å². The summed E-state index contributed by atoms with van der Waals surface area (Å²) in [4.78, 5) is 11.3. The number of carbonyl (C=O) groups excluding carboxylic acids is 1. The van der Waals surface area contributed by atoms with Gasteiger partial charge in [0.05, 0.1) is 6.61 Å². The van der Waals surface area contributed by atoms with Crippen LogP contribution in [0.15, 0.2) is 24.3 Å². The fourth-order valence-corrected chi connectivity index (χ4v) is 1.72. The fraction of sp³-hybridized carbons (Fsp3) is 0.500. The van der Waals surface area contributed by atoms with E-state index in [1.807, 2.05) is 25.1 Å². The highest BCUT2D eigenvalue weighted by atomic mass is 16.5. The molecule has 1 aromatic rings. The molecule has 4 nitrogen and oxygen atoms in total. The van der Waals surface area contributed by atoms with Gasteiger partial charge in [0.1, 0.15) is 0 Å². The maximum atomic E-state index is 11.3. The number of rotatable bonds is 8. The molecule has 0 aliphatic rings. The highest BCUT2D eigenvalue weighted by molar-refractivity contribution is 5.76. The molecule has 18 heavy (non-hydrogen) atoms. The minimum absolute atomic E-state index is 0.0828. The molecule has 0 unspecified atom stereocenters. The largest absolute Gasteiger partial charge is 0.384 e. The molecule has 1 amide bonds. The molecule has 0 radical (unpaired) electrons. The third-order valence-electron chi connectivity index (χ3n) is 2.63. The van der Waals surface area contributed by atoms with E-state index in [0.717, 1.165) is 12.1 Å². The van der Waals surface area contributed by atoms with E-state index in [1.165, 1.54) is 5.56 Å². The van der Waals surface area contributed by atoms with Gasteiger partial charge in [-0.05, 0) is 25.0 Å². The van der Waals surface area contributed by atoms with Gasteiger partial charge in [0.25, 0.3) is 0 Å². The van der Waals surface area contributed by atoms with Crippen molar-refractivity contribution in [3.8, 4) is 0 Å². The first-order chi connectivity index (χ1) is 8.77. The third-order valence-corrected chi connectivity index (χ3v) is 2.63. The number of para-hydroxylation sites is 1. The number of amides is 1. The topological polar surface area (TPSA) is 50.4 Å². The lowest BCUT2D eigenvalue weighted by Crippen LogP contribution is -2.24. The van der Waals surface area contributed by atoms with E-state index < -0.39 is 0 Å². The van der Waals surface area contributed by atoms with Crippen LogP contribution in [0, 0.1) is 0 Å². The number of benzene rings is 1. The van der Waals surface area contributed by atoms with Gasteiger partial charge < -0.3 is 15.4 Å². The van der Waals surface area contributed by atoms with Crippen LogP contribution >= 0.6 is 0 Å². The number of anilines is 1. The first-order valence-electron chi connectivity index (χ1n) is 6.35. The Labute approximate surface area is 109 Å². The molecule has 0 atom stereocenters. The van der Waals surface area contributed by atoms with Crippen LogP contribution in [0.5, 0.6) is 0 Å². The van der Waals surface area contributed by atoms with Crippen LogP contribution in [0.1, 0.15) is 18.9 Å². The summed E-state index contributed by atoms with van der Waals surface area (Å²) in [6, 6.07) is 8.11. The van der Waals surface area contributed by atoms with Gasteiger partial charge in [0.15, 0.2) is 0 Å². The molecule has 0 saturated carbocycles. The Morgan fingerprint density at radius 3 is 2.83 bits per heavy atom. The van der Waals surface area contributed by atoms with Crippen LogP contribution in [0.2, 0.25) is 0 Å². The van der Waals surface area contributed by atoms with Gasteiger partial charge in [-0.1, -0.05) is 18.2 Å². The molecule has 2 N–H and O–H groups in total. The molecule has 0 saturated heterocycles. The quantitative estimate of drug-likeness (QED) is 0.740. The minimum Gasteiger partial charge on any atom is -0.384 e. The Hall–Kier alpha value is -1.55. The van der Waals surface area contributed by atoms with E-state index >= 15 is 0 Å². The standard InChI is InChI=1S/C14H22N2O2/c1-3-15-14(17)8-10-16-13-7-5-4-6-12(13)9-11-18-2/h4-7,16H,3,8-11H2,1-2H3,(H,15,17). The number of hydrogen-bond donors (Lipinski definition) is 2. The Bertz CT molecular complexity index is 367. The van der Waals surface area contributed by atoms with Crippen molar-refractivity contribution in [2.45, 2.75) is 19.8 Å². The second-order valence-electron chi connectivity index (χ2n) is 4.03. The zero-order chi connectivity index (χ0) is 13.2. The summed E-state index contributed by atoms with van der Waals surface area (Å²) < 4.78 is 5.08. The summed E-state index contributed by atoms with van der Waals surface area (Å²) in [6.45, 7) is 3.96. The average Bonchev–Trinajstić information content (AvgIpc) is 2.38. The zero-order valence-corrected chi connectivity index (χ0v) is 11.2. The lowest BCUT2D eigenvalue weighted by Gasteiger charge is -2.11. The average molecular weight is 250 g/mol. The van der Waals surface area contributed by atoms with Crippen molar-refractivity contribution >= 4 is 11.6 Å². The summed E-state index contributed by atoms with van der Waals surface area (Å²) in [5.74, 6) is 0.0828. The first-order valence-corrected chi connectivity index (χ1v) is 6.35. The van der Waals surface area contributed by atoms with Gasteiger partial charge in [-0.15, -0.1) is 0 Å². The predicted octanol–water partition coefficient (Wildman–Crippen LogP) is 1.81. The van der Waals surface area contributed by atoms with Crippen molar-refractivity contribution in [1.29, 1.82) is 0 Å². The van der Waals surface area contributed by atoms with E-state index in [-0.39, 0.29) is 5.91 Å². The molecule has 0 spiro atoms. The molecule has 0 aliphatic carbocycles. The zero-order valence-electron chi connectivity index (χ0n) is 11.2. The van der Waals surface area contributed by atoms with E-state index in [4.69, 9.17) is 4.74 Å². The summed E-state index contributed by atoms with van der Waals surface area (Å²) in [6.07, 6.45) is 1.37. The van der Waals surface area contributed by atoms with Crippen LogP contribution in [-0.4, -0.2) is 32.7 Å². The Morgan fingerprint density at radius 1 is 1.33 bits per heavy atom. The van der Waals surface area contributed by atoms with Crippen molar-refractivity contribution in [2.75, 3.05) is 32.1 Å². The molecule has 0 heterocycles. The summed E-state index contributed by atoms with van der Waals surface area (Å²) in [5, 5.41) is 6.08. The predicted molar refractivity (Wildman–Crippen MR) is 73.8 cm³/mol. The lowest BCUT2D eigenvalue weighted by molar-refractivity contribution is -0.120. The van der Waals surface area contributed by atoms with Gasteiger partial charge >= 0.3 is 0 Å². The second-order valence-corrected chi connectivity index (χ2v) is 4.03. The molecule has 0 aliphatic heterocycles. The second kappa shape index (κ2) is 8.53. The molecule has 0 aromatic heterocycles. The third kappa shape index (κ3) is 5.19. The number of nitrogens with one attached hydrogen (secondary N) is 2. The summed E-state index contributed by atoms with van der Waals surface area (Å²) in [7, 11) is 1.70. The Kier molecular flexibility index (Phi) is 6.87. The molecule has 100 valence electrons. The van der Waals surface area contributed by atoms with Crippen molar-refractivity contribution in [2.24, 2.45) is 0 Å². The summed E-state index contributed by atoms with van der Waals surface area (Å²) >= 11 is 0. The SMILES string of the molecule is CCNC(=O)CCNc1ccccc1CCOC. The lowest BCUT2D eigenvalue weighted by atomic mass is 10.1. The van der Waals surface area contributed by atoms with Gasteiger partial charge in [-0.2, -0.15) is 0 Å². The molecule has 0 bridgehead atoms. The highest BCUT2D eigenvalue weighted by Gasteiger charge is 2.02. The van der Waals surface area contributed by atoms with Crippen molar-refractivity contribution in [3.05, 3.63) is 29.8 Å². The van der Waals surface area contributed by atoms with E-state index in [0.29, 0.717) is 26.1 Å². The van der Waals surface area contributed by atoms with Crippen molar-refractivity contribution < 1.29 is 9.53 Å².